The fourth-order valence-corrected chi connectivity index (χ4v) is 5.10. The van der Waals surface area contributed by atoms with Crippen LogP contribution in [0.25, 0.3) is 0 Å². The van der Waals surface area contributed by atoms with Gasteiger partial charge in [0.25, 0.3) is 15.9 Å². The molecule has 10 heteroatoms. The van der Waals surface area contributed by atoms with Crippen molar-refractivity contribution in [3.8, 4) is 0 Å². The number of hydrogen-bond donors (Lipinski definition) is 1. The summed E-state index contributed by atoms with van der Waals surface area (Å²) in [5.74, 6) is -0.214. The molecule has 1 aliphatic rings. The van der Waals surface area contributed by atoms with Gasteiger partial charge in [0.15, 0.2) is 0 Å². The number of hydrogen-bond acceptors (Lipinski definition) is 4. The van der Waals surface area contributed by atoms with Gasteiger partial charge in [-0.25, -0.2) is 8.42 Å². The van der Waals surface area contributed by atoms with Gasteiger partial charge in [0.2, 0.25) is 0 Å². The Kier molecular flexibility index (Phi) is 6.75. The van der Waals surface area contributed by atoms with Crippen LogP contribution in [0.3, 0.4) is 0 Å². The van der Waals surface area contributed by atoms with Crippen LogP contribution in [0.2, 0.25) is 0 Å². The van der Waals surface area contributed by atoms with E-state index in [-0.39, 0.29) is 10.8 Å². The summed E-state index contributed by atoms with van der Waals surface area (Å²) in [6.45, 7) is 3.24. The van der Waals surface area contributed by atoms with E-state index in [2.05, 4.69) is 4.72 Å². The van der Waals surface area contributed by atoms with Crippen LogP contribution in [0.4, 0.5) is 24.5 Å². The third-order valence-electron chi connectivity index (χ3n) is 5.88. The van der Waals surface area contributed by atoms with Gasteiger partial charge in [0, 0.05) is 37.4 Å². The summed E-state index contributed by atoms with van der Waals surface area (Å²) in [6, 6.07) is 17.9. The van der Waals surface area contributed by atoms with Crippen molar-refractivity contribution in [1.29, 1.82) is 0 Å². The Labute approximate surface area is 202 Å². The number of aryl methyl sites for hydroxylation is 1. The molecule has 3 aromatic carbocycles. The third-order valence-corrected chi connectivity index (χ3v) is 7.26. The number of carbonyl (C=O) groups is 1. The maximum Gasteiger partial charge on any atom is 0.416 e. The maximum atomic E-state index is 13.0. The van der Waals surface area contributed by atoms with Gasteiger partial charge in [0.05, 0.1) is 16.1 Å². The summed E-state index contributed by atoms with van der Waals surface area (Å²) in [4.78, 5) is 16.6. The molecule has 1 saturated heterocycles. The number of alkyl halides is 3. The standard InChI is InChI=1S/C25H24F3N3O3S/c1-18-16-19(10-11-23(18)29-35(33,34)22-8-3-2-4-9-22)24(32)31-14-12-30(13-15-31)21-7-5-6-20(17-21)25(26,27)28/h2-11,16-17,29H,12-15H2,1H3. The fraction of sp³-hybridized carbons (Fsp3) is 0.240. The number of rotatable bonds is 5. The molecule has 35 heavy (non-hydrogen) atoms. The second-order valence-corrected chi connectivity index (χ2v) is 9.96. The summed E-state index contributed by atoms with van der Waals surface area (Å²) < 4.78 is 66.8. The predicted octanol–water partition coefficient (Wildman–Crippen LogP) is 4.78. The summed E-state index contributed by atoms with van der Waals surface area (Å²) in [5.41, 5.74) is 1.15. The van der Waals surface area contributed by atoms with Crippen molar-refractivity contribution < 1.29 is 26.4 Å². The summed E-state index contributed by atoms with van der Waals surface area (Å²) >= 11 is 0. The Hall–Kier alpha value is -3.53. The average Bonchev–Trinajstić information content (AvgIpc) is 2.85. The lowest BCUT2D eigenvalue weighted by molar-refractivity contribution is -0.137. The summed E-state index contributed by atoms with van der Waals surface area (Å²) in [7, 11) is -3.76. The van der Waals surface area contributed by atoms with Gasteiger partial charge in [-0.2, -0.15) is 13.2 Å². The lowest BCUT2D eigenvalue weighted by Gasteiger charge is -2.36. The van der Waals surface area contributed by atoms with E-state index < -0.39 is 21.8 Å². The monoisotopic (exact) mass is 503 g/mol. The van der Waals surface area contributed by atoms with Crippen molar-refractivity contribution in [2.24, 2.45) is 0 Å². The van der Waals surface area contributed by atoms with Crippen LogP contribution in [-0.4, -0.2) is 45.4 Å². The summed E-state index contributed by atoms with van der Waals surface area (Å²) in [5, 5.41) is 0. The first-order chi connectivity index (χ1) is 16.5. The zero-order valence-electron chi connectivity index (χ0n) is 18.9. The Bertz CT molecular complexity index is 1320. The minimum Gasteiger partial charge on any atom is -0.368 e. The molecule has 1 amide bonds. The molecule has 0 radical (unpaired) electrons. The molecule has 184 valence electrons. The van der Waals surface area contributed by atoms with E-state index in [1.807, 2.05) is 4.90 Å². The van der Waals surface area contributed by atoms with E-state index in [0.717, 1.165) is 12.1 Å². The van der Waals surface area contributed by atoms with E-state index >= 15 is 0 Å². The molecule has 0 bridgehead atoms. The number of carbonyl (C=O) groups excluding carboxylic acids is 1. The largest absolute Gasteiger partial charge is 0.416 e. The van der Waals surface area contributed by atoms with Crippen molar-refractivity contribution in [3.63, 3.8) is 0 Å². The molecular formula is C25H24F3N3O3S. The number of amides is 1. The van der Waals surface area contributed by atoms with Crippen LogP contribution in [0, 0.1) is 6.92 Å². The van der Waals surface area contributed by atoms with E-state index in [1.54, 1.807) is 54.3 Å². The lowest BCUT2D eigenvalue weighted by Crippen LogP contribution is -2.48. The zero-order valence-corrected chi connectivity index (χ0v) is 19.7. The first-order valence-electron chi connectivity index (χ1n) is 10.9. The van der Waals surface area contributed by atoms with E-state index in [9.17, 15) is 26.4 Å². The number of nitrogens with one attached hydrogen (secondary N) is 1. The Morgan fingerprint density at radius 2 is 1.57 bits per heavy atom. The fourth-order valence-electron chi connectivity index (χ4n) is 3.94. The molecule has 1 aliphatic heterocycles. The Morgan fingerprint density at radius 1 is 0.886 bits per heavy atom. The molecule has 0 unspecified atom stereocenters. The van der Waals surface area contributed by atoms with Crippen LogP contribution < -0.4 is 9.62 Å². The topological polar surface area (TPSA) is 69.7 Å². The quantitative estimate of drug-likeness (QED) is 0.544. The van der Waals surface area contributed by atoms with Crippen molar-refractivity contribution in [3.05, 3.63) is 89.5 Å². The van der Waals surface area contributed by atoms with Gasteiger partial charge in [-0.3, -0.25) is 9.52 Å². The van der Waals surface area contributed by atoms with Crippen LogP contribution in [0.1, 0.15) is 21.5 Å². The molecule has 1 heterocycles. The third kappa shape index (κ3) is 5.59. The van der Waals surface area contributed by atoms with Crippen LogP contribution in [0.5, 0.6) is 0 Å². The van der Waals surface area contributed by atoms with Crippen molar-refractivity contribution in [2.45, 2.75) is 18.0 Å². The van der Waals surface area contributed by atoms with Gasteiger partial charge < -0.3 is 9.80 Å². The van der Waals surface area contributed by atoms with Gasteiger partial charge in [-0.15, -0.1) is 0 Å². The van der Waals surface area contributed by atoms with Crippen LogP contribution in [-0.2, 0) is 16.2 Å². The molecule has 0 aliphatic carbocycles. The minimum absolute atomic E-state index is 0.137. The number of halogens is 3. The Morgan fingerprint density at radius 3 is 2.20 bits per heavy atom. The first kappa shape index (κ1) is 24.6. The van der Waals surface area contributed by atoms with Crippen molar-refractivity contribution >= 4 is 27.3 Å². The molecular weight excluding hydrogens is 479 g/mol. The average molecular weight is 504 g/mol. The second kappa shape index (κ2) is 9.61. The zero-order chi connectivity index (χ0) is 25.2. The van der Waals surface area contributed by atoms with Gasteiger partial charge >= 0.3 is 6.18 Å². The van der Waals surface area contributed by atoms with Crippen molar-refractivity contribution in [1.82, 2.24) is 4.90 Å². The Balaban J connectivity index is 1.41. The number of nitrogens with zero attached hydrogens (tertiary/aromatic N) is 2. The molecule has 6 nitrogen and oxygen atoms in total. The molecule has 0 atom stereocenters. The number of sulfonamides is 1. The SMILES string of the molecule is Cc1cc(C(=O)N2CCN(c3cccc(C(F)(F)F)c3)CC2)ccc1NS(=O)(=O)c1ccccc1. The number of anilines is 2. The number of piperazine rings is 1. The molecule has 1 fully saturated rings. The molecule has 0 spiro atoms. The number of benzene rings is 3. The normalized spacial score (nSPS) is 14.6. The molecule has 1 N–H and O–H groups in total. The molecule has 0 saturated carbocycles. The van der Waals surface area contributed by atoms with E-state index in [4.69, 9.17) is 0 Å². The van der Waals surface area contributed by atoms with Gasteiger partial charge in [-0.1, -0.05) is 24.3 Å². The van der Waals surface area contributed by atoms with Gasteiger partial charge in [-0.05, 0) is 61.0 Å². The molecule has 3 aromatic rings. The highest BCUT2D eigenvalue weighted by Crippen LogP contribution is 2.32. The second-order valence-electron chi connectivity index (χ2n) is 8.28. The predicted molar refractivity (Wildman–Crippen MR) is 128 cm³/mol. The highest BCUT2D eigenvalue weighted by molar-refractivity contribution is 7.92. The smallest absolute Gasteiger partial charge is 0.368 e. The van der Waals surface area contributed by atoms with E-state index in [0.29, 0.717) is 48.7 Å². The summed E-state index contributed by atoms with van der Waals surface area (Å²) in [6.07, 6.45) is -4.41. The molecule has 0 aromatic heterocycles. The minimum atomic E-state index is -4.41. The van der Waals surface area contributed by atoms with Crippen LogP contribution >= 0.6 is 0 Å². The lowest BCUT2D eigenvalue weighted by atomic mass is 10.1. The maximum absolute atomic E-state index is 13.0. The molecule has 4 rings (SSSR count). The van der Waals surface area contributed by atoms with Gasteiger partial charge in [0.1, 0.15) is 0 Å². The van der Waals surface area contributed by atoms with Crippen molar-refractivity contribution in [2.75, 3.05) is 35.8 Å². The highest BCUT2D eigenvalue weighted by Gasteiger charge is 2.31. The van der Waals surface area contributed by atoms with E-state index in [1.165, 1.54) is 18.2 Å². The van der Waals surface area contributed by atoms with Crippen LogP contribution in [0.15, 0.2) is 77.7 Å². The first-order valence-corrected chi connectivity index (χ1v) is 12.4. The highest BCUT2D eigenvalue weighted by atomic mass is 32.2.